The molecule has 9 atom stereocenters. The molecule has 0 saturated heterocycles. The van der Waals surface area contributed by atoms with Gasteiger partial charge >= 0.3 is 0 Å². The fraction of sp³-hybridized carbons (Fsp3) is 0.758. The summed E-state index contributed by atoms with van der Waals surface area (Å²) in [4.78, 5) is 0. The molecule has 0 aromatic heterocycles. The first-order chi connectivity index (χ1) is 16.9. The Morgan fingerprint density at radius 3 is 2.39 bits per heavy atom. The molecule has 0 aromatic carbocycles. The molecule has 3 heteroatoms. The summed E-state index contributed by atoms with van der Waals surface area (Å²) in [6.45, 7) is 18.2. The first-order valence-electron chi connectivity index (χ1n) is 14.7. The lowest BCUT2D eigenvalue weighted by molar-refractivity contribution is -0.881. The Balaban J connectivity index is 1.93. The van der Waals surface area contributed by atoms with Gasteiger partial charge in [-0.25, -0.2) is 0 Å². The molecular formula is C33H59N2O+. The first-order valence-corrected chi connectivity index (χ1v) is 14.7. The molecule has 0 aromatic rings. The van der Waals surface area contributed by atoms with Crippen molar-refractivity contribution in [3.63, 3.8) is 0 Å². The summed E-state index contributed by atoms with van der Waals surface area (Å²) in [5.74, 6) is 3.96. The number of nitrogens with two attached hydrogens (primary N) is 1. The van der Waals surface area contributed by atoms with E-state index in [0.717, 1.165) is 16.3 Å². The van der Waals surface area contributed by atoms with E-state index >= 15 is 0 Å². The van der Waals surface area contributed by atoms with Gasteiger partial charge in [-0.15, -0.1) is 0 Å². The lowest BCUT2D eigenvalue weighted by Gasteiger charge is -2.47. The van der Waals surface area contributed by atoms with Crippen LogP contribution in [0.25, 0.3) is 0 Å². The molecule has 2 aliphatic carbocycles. The van der Waals surface area contributed by atoms with Crippen LogP contribution in [0.15, 0.2) is 48.2 Å². The van der Waals surface area contributed by atoms with Crippen LogP contribution in [0.2, 0.25) is 0 Å². The van der Waals surface area contributed by atoms with E-state index in [2.05, 4.69) is 92.6 Å². The van der Waals surface area contributed by atoms with Gasteiger partial charge < -0.3 is 10.5 Å². The maximum atomic E-state index is 6.06. The number of nitrogens with zero attached hydrogens (tertiary/aromatic N) is 1. The number of allylic oxidation sites excluding steroid dienone is 5. The minimum Gasteiger partial charge on any atom is -0.381 e. The molecule has 206 valence electrons. The minimum atomic E-state index is 0.171. The minimum absolute atomic E-state index is 0.171. The quantitative estimate of drug-likeness (QED) is 0.232. The van der Waals surface area contributed by atoms with Crippen molar-refractivity contribution in [3.05, 3.63) is 48.2 Å². The Labute approximate surface area is 224 Å². The van der Waals surface area contributed by atoms with E-state index in [-0.39, 0.29) is 6.04 Å². The SMILES string of the molecule is C=C(/C=C\[C@H](C)C(C)N)[N+](C)(C)[C@@H]1C[C@H](C)[C@H](C/C=C(C)/C=C/C2CCCC(C(C)OC)C2)C[C@@H]1C. The van der Waals surface area contributed by atoms with Crippen LogP contribution in [-0.2, 0) is 4.74 Å². The van der Waals surface area contributed by atoms with Gasteiger partial charge in [0.05, 0.1) is 26.2 Å². The molecule has 0 amide bonds. The van der Waals surface area contributed by atoms with Gasteiger partial charge in [0.25, 0.3) is 0 Å². The second-order valence-corrected chi connectivity index (χ2v) is 13.0. The van der Waals surface area contributed by atoms with Gasteiger partial charge in [0, 0.05) is 25.5 Å². The van der Waals surface area contributed by atoms with Crippen molar-refractivity contribution in [1.29, 1.82) is 0 Å². The summed E-state index contributed by atoms with van der Waals surface area (Å²) in [7, 11) is 6.54. The van der Waals surface area contributed by atoms with Crippen LogP contribution in [-0.4, -0.2) is 43.9 Å². The summed E-state index contributed by atoms with van der Waals surface area (Å²) < 4.78 is 6.49. The third-order valence-corrected chi connectivity index (χ3v) is 9.91. The molecular weight excluding hydrogens is 440 g/mol. The Kier molecular flexibility index (Phi) is 12.2. The van der Waals surface area contributed by atoms with Crippen molar-refractivity contribution in [1.82, 2.24) is 0 Å². The summed E-state index contributed by atoms with van der Waals surface area (Å²) in [5.41, 5.74) is 8.68. The standard InChI is InChI=1S/C33H59N2O/c1-23(14-18-30-12-11-13-32(22-30)29(7)36-10)15-19-31-20-26(4)33(21-25(31)3)35(8,9)27(5)17-16-24(2)28(6)34/h14-18,24-26,28-33H,5,11-13,19-22,34H2,1-4,6-10H3/q+1/b17-16-,18-14+,23-15+/t24-,25-,26-,28?,29?,30?,31+,32?,33+/m0/s1. The molecule has 2 N–H and O–H groups in total. The normalized spacial score (nSPS) is 33.1. The van der Waals surface area contributed by atoms with Gasteiger partial charge in [0.1, 0.15) is 5.70 Å². The zero-order chi connectivity index (χ0) is 27.0. The van der Waals surface area contributed by atoms with E-state index in [1.807, 2.05) is 7.11 Å². The molecule has 2 aliphatic rings. The average Bonchev–Trinajstić information content (AvgIpc) is 2.85. The van der Waals surface area contributed by atoms with E-state index in [1.165, 1.54) is 56.2 Å². The highest BCUT2D eigenvalue weighted by atomic mass is 16.5. The molecule has 2 rings (SSSR count). The fourth-order valence-corrected chi connectivity index (χ4v) is 6.50. The highest BCUT2D eigenvalue weighted by Gasteiger charge is 2.42. The van der Waals surface area contributed by atoms with Crippen molar-refractivity contribution in [2.24, 2.45) is 41.2 Å². The zero-order valence-corrected chi connectivity index (χ0v) is 25.2. The maximum absolute atomic E-state index is 6.06. The van der Waals surface area contributed by atoms with Crippen molar-refractivity contribution in [2.75, 3.05) is 21.2 Å². The monoisotopic (exact) mass is 499 g/mol. The Bertz CT molecular complexity index is 777. The van der Waals surface area contributed by atoms with Crippen LogP contribution < -0.4 is 5.73 Å². The predicted molar refractivity (Wildman–Crippen MR) is 157 cm³/mol. The van der Waals surface area contributed by atoms with E-state index in [0.29, 0.717) is 35.8 Å². The van der Waals surface area contributed by atoms with E-state index in [9.17, 15) is 0 Å². The van der Waals surface area contributed by atoms with Gasteiger partial charge in [0.2, 0.25) is 0 Å². The van der Waals surface area contributed by atoms with Crippen LogP contribution >= 0.6 is 0 Å². The number of ether oxygens (including phenoxy) is 1. The third-order valence-electron chi connectivity index (χ3n) is 9.91. The molecule has 4 unspecified atom stereocenters. The molecule has 0 bridgehead atoms. The Morgan fingerprint density at radius 1 is 1.06 bits per heavy atom. The molecule has 2 fully saturated rings. The van der Waals surface area contributed by atoms with Crippen LogP contribution in [0.4, 0.5) is 0 Å². The Morgan fingerprint density at radius 2 is 1.75 bits per heavy atom. The molecule has 36 heavy (non-hydrogen) atoms. The van der Waals surface area contributed by atoms with Crippen molar-refractivity contribution in [2.45, 2.75) is 105 Å². The van der Waals surface area contributed by atoms with E-state index in [1.54, 1.807) is 0 Å². The van der Waals surface area contributed by atoms with Gasteiger partial charge in [-0.3, -0.25) is 4.48 Å². The molecule has 2 saturated carbocycles. The topological polar surface area (TPSA) is 35.2 Å². The second-order valence-electron chi connectivity index (χ2n) is 13.0. The molecule has 0 spiro atoms. The van der Waals surface area contributed by atoms with Gasteiger partial charge in [0.15, 0.2) is 0 Å². The van der Waals surface area contributed by atoms with Crippen molar-refractivity contribution in [3.8, 4) is 0 Å². The number of hydrogen-bond acceptors (Lipinski definition) is 2. The smallest absolute Gasteiger partial charge is 0.125 e. The number of quaternary nitrogens is 1. The number of likely N-dealkylation sites (N-methyl/N-ethyl adjacent to an activating group) is 1. The average molecular weight is 500 g/mol. The van der Waals surface area contributed by atoms with Gasteiger partial charge in [-0.2, -0.15) is 0 Å². The second kappa shape index (κ2) is 14.1. The molecule has 3 nitrogen and oxygen atoms in total. The van der Waals surface area contributed by atoms with Crippen molar-refractivity contribution >= 4 is 0 Å². The number of rotatable bonds is 11. The van der Waals surface area contributed by atoms with Crippen LogP contribution in [0.1, 0.15) is 86.5 Å². The summed E-state index contributed by atoms with van der Waals surface area (Å²) in [5, 5.41) is 0. The van der Waals surface area contributed by atoms with Crippen LogP contribution in [0, 0.1) is 35.5 Å². The van der Waals surface area contributed by atoms with E-state index < -0.39 is 0 Å². The Hall–Kier alpha value is -1.16. The van der Waals surface area contributed by atoms with Crippen LogP contribution in [0.5, 0.6) is 0 Å². The van der Waals surface area contributed by atoms with Crippen molar-refractivity contribution < 1.29 is 9.22 Å². The van der Waals surface area contributed by atoms with Gasteiger partial charge in [-0.05, 0) is 95.1 Å². The maximum Gasteiger partial charge on any atom is 0.125 e. The number of hydrogen-bond donors (Lipinski definition) is 1. The van der Waals surface area contributed by atoms with Gasteiger partial charge in [-0.1, -0.05) is 57.1 Å². The molecule has 0 aliphatic heterocycles. The summed E-state index contributed by atoms with van der Waals surface area (Å²) in [6, 6.07) is 0.780. The largest absolute Gasteiger partial charge is 0.381 e. The van der Waals surface area contributed by atoms with Crippen LogP contribution in [0.3, 0.4) is 0 Å². The highest BCUT2D eigenvalue weighted by Crippen LogP contribution is 2.41. The zero-order valence-electron chi connectivity index (χ0n) is 25.2. The molecule has 0 heterocycles. The first kappa shape index (κ1) is 31.1. The highest BCUT2D eigenvalue weighted by molar-refractivity contribution is 5.17. The third kappa shape index (κ3) is 8.71. The number of methoxy groups -OCH3 is 1. The lowest BCUT2D eigenvalue weighted by atomic mass is 9.70. The lowest BCUT2D eigenvalue weighted by Crippen LogP contribution is -2.53. The van der Waals surface area contributed by atoms with E-state index in [4.69, 9.17) is 10.5 Å². The summed E-state index contributed by atoms with van der Waals surface area (Å²) in [6.07, 6.45) is 21.2. The predicted octanol–water partition coefficient (Wildman–Crippen LogP) is 7.90. The fourth-order valence-electron chi connectivity index (χ4n) is 6.50. The molecule has 0 radical (unpaired) electrons. The summed E-state index contributed by atoms with van der Waals surface area (Å²) >= 11 is 0.